The number of nitrogens with zero attached hydrogens (tertiary/aromatic N) is 2. The van der Waals surface area contributed by atoms with Crippen molar-refractivity contribution >= 4 is 11.3 Å². The number of aryl methyl sites for hydroxylation is 1. The third kappa shape index (κ3) is 3.37. The molecule has 0 aromatic carbocycles. The van der Waals surface area contributed by atoms with Gasteiger partial charge in [0, 0.05) is 17.6 Å². The number of hydrogen-bond donors (Lipinski definition) is 1. The molecule has 2 heterocycles. The Morgan fingerprint density at radius 3 is 2.83 bits per heavy atom. The maximum atomic E-state index is 4.59. The molecule has 0 saturated heterocycles. The molecule has 18 heavy (non-hydrogen) atoms. The molecular formula is C14H19N3S. The predicted molar refractivity (Wildman–Crippen MR) is 76.6 cm³/mol. The molecule has 0 aliphatic carbocycles. The number of thiazole rings is 1. The zero-order chi connectivity index (χ0) is 13.0. The van der Waals surface area contributed by atoms with Gasteiger partial charge in [0.2, 0.25) is 0 Å². The van der Waals surface area contributed by atoms with E-state index in [1.54, 1.807) is 11.3 Å². The summed E-state index contributed by atoms with van der Waals surface area (Å²) < 4.78 is 0. The lowest BCUT2D eigenvalue weighted by Gasteiger charge is -2.05. The summed E-state index contributed by atoms with van der Waals surface area (Å²) in [5.41, 5.74) is 2.07. The number of rotatable bonds is 5. The van der Waals surface area contributed by atoms with Crippen LogP contribution >= 0.6 is 11.3 Å². The van der Waals surface area contributed by atoms with Gasteiger partial charge in [0.1, 0.15) is 5.01 Å². The summed E-state index contributed by atoms with van der Waals surface area (Å²) in [7, 11) is 0. The van der Waals surface area contributed by atoms with Gasteiger partial charge in [-0.25, -0.2) is 4.98 Å². The average Bonchev–Trinajstić information content (AvgIpc) is 2.72. The predicted octanol–water partition coefficient (Wildman–Crippen LogP) is 3.26. The lowest BCUT2D eigenvalue weighted by molar-refractivity contribution is 0.554. The SMILES string of the molecule is Cc1nc(-c2ccccn2)sc1CNCC(C)C. The van der Waals surface area contributed by atoms with Crippen LogP contribution < -0.4 is 5.32 Å². The number of nitrogens with one attached hydrogen (secondary N) is 1. The van der Waals surface area contributed by atoms with Crippen molar-refractivity contribution in [2.24, 2.45) is 5.92 Å². The number of aromatic nitrogens is 2. The van der Waals surface area contributed by atoms with Crippen LogP contribution in [0.25, 0.3) is 10.7 Å². The Labute approximate surface area is 112 Å². The highest BCUT2D eigenvalue weighted by atomic mass is 32.1. The summed E-state index contributed by atoms with van der Waals surface area (Å²) >= 11 is 1.73. The van der Waals surface area contributed by atoms with E-state index >= 15 is 0 Å². The maximum absolute atomic E-state index is 4.59. The minimum absolute atomic E-state index is 0.675. The number of hydrogen-bond acceptors (Lipinski definition) is 4. The van der Waals surface area contributed by atoms with Crippen LogP contribution in [0.2, 0.25) is 0 Å². The van der Waals surface area contributed by atoms with Crippen molar-refractivity contribution in [3.63, 3.8) is 0 Å². The normalized spacial score (nSPS) is 11.1. The van der Waals surface area contributed by atoms with Gasteiger partial charge in [0.15, 0.2) is 0 Å². The molecule has 0 unspecified atom stereocenters. The second-order valence-electron chi connectivity index (χ2n) is 4.77. The molecule has 0 aliphatic rings. The molecule has 2 rings (SSSR count). The zero-order valence-electron chi connectivity index (χ0n) is 11.1. The van der Waals surface area contributed by atoms with E-state index in [1.165, 1.54) is 4.88 Å². The second kappa shape index (κ2) is 6.07. The fourth-order valence-corrected chi connectivity index (χ4v) is 2.67. The van der Waals surface area contributed by atoms with Crippen LogP contribution in [0.1, 0.15) is 24.4 Å². The van der Waals surface area contributed by atoms with Crippen LogP contribution in [-0.2, 0) is 6.54 Å². The summed E-state index contributed by atoms with van der Waals surface area (Å²) in [5.74, 6) is 0.675. The molecule has 0 radical (unpaired) electrons. The quantitative estimate of drug-likeness (QED) is 0.897. The number of pyridine rings is 1. The van der Waals surface area contributed by atoms with Gasteiger partial charge in [-0.05, 0) is 31.5 Å². The van der Waals surface area contributed by atoms with Gasteiger partial charge in [0.25, 0.3) is 0 Å². The maximum Gasteiger partial charge on any atom is 0.142 e. The molecule has 0 saturated carbocycles. The van der Waals surface area contributed by atoms with Gasteiger partial charge in [-0.3, -0.25) is 4.98 Å². The van der Waals surface area contributed by atoms with Crippen molar-refractivity contribution in [1.82, 2.24) is 15.3 Å². The molecule has 0 spiro atoms. The van der Waals surface area contributed by atoms with Crippen LogP contribution in [0.5, 0.6) is 0 Å². The summed E-state index contributed by atoms with van der Waals surface area (Å²) in [6.45, 7) is 8.43. The van der Waals surface area contributed by atoms with Crippen LogP contribution in [0.3, 0.4) is 0 Å². The van der Waals surface area contributed by atoms with Gasteiger partial charge in [0.05, 0.1) is 11.4 Å². The van der Waals surface area contributed by atoms with Gasteiger partial charge in [-0.15, -0.1) is 11.3 Å². The van der Waals surface area contributed by atoms with E-state index in [2.05, 4.69) is 36.1 Å². The fourth-order valence-electron chi connectivity index (χ4n) is 1.67. The minimum Gasteiger partial charge on any atom is -0.312 e. The fraction of sp³-hybridized carbons (Fsp3) is 0.429. The second-order valence-corrected chi connectivity index (χ2v) is 5.85. The molecule has 0 bridgehead atoms. The van der Waals surface area contributed by atoms with Crippen molar-refractivity contribution in [2.45, 2.75) is 27.3 Å². The molecule has 4 heteroatoms. The van der Waals surface area contributed by atoms with Crippen LogP contribution in [-0.4, -0.2) is 16.5 Å². The highest BCUT2D eigenvalue weighted by Gasteiger charge is 2.09. The summed E-state index contributed by atoms with van der Waals surface area (Å²) in [5, 5.41) is 4.47. The van der Waals surface area contributed by atoms with E-state index in [-0.39, 0.29) is 0 Å². The molecular weight excluding hydrogens is 242 g/mol. The molecule has 0 atom stereocenters. The molecule has 96 valence electrons. The molecule has 0 fully saturated rings. The average molecular weight is 261 g/mol. The summed E-state index contributed by atoms with van der Waals surface area (Å²) in [4.78, 5) is 10.2. The van der Waals surface area contributed by atoms with Crippen LogP contribution in [0.4, 0.5) is 0 Å². The van der Waals surface area contributed by atoms with Crippen molar-refractivity contribution in [3.05, 3.63) is 35.0 Å². The molecule has 0 aliphatic heterocycles. The van der Waals surface area contributed by atoms with Crippen molar-refractivity contribution < 1.29 is 0 Å². The van der Waals surface area contributed by atoms with Crippen molar-refractivity contribution in [2.75, 3.05) is 6.54 Å². The van der Waals surface area contributed by atoms with E-state index in [0.29, 0.717) is 5.92 Å². The summed E-state index contributed by atoms with van der Waals surface area (Å²) in [6, 6.07) is 5.93. The third-order valence-corrected chi connectivity index (χ3v) is 3.79. The first-order valence-electron chi connectivity index (χ1n) is 6.25. The van der Waals surface area contributed by atoms with E-state index in [1.807, 2.05) is 24.4 Å². The smallest absolute Gasteiger partial charge is 0.142 e. The Kier molecular flexibility index (Phi) is 4.44. The zero-order valence-corrected chi connectivity index (χ0v) is 11.9. The van der Waals surface area contributed by atoms with Gasteiger partial charge in [-0.1, -0.05) is 19.9 Å². The molecule has 0 amide bonds. The third-order valence-electron chi connectivity index (χ3n) is 2.61. The van der Waals surface area contributed by atoms with E-state index in [0.717, 1.165) is 29.5 Å². The van der Waals surface area contributed by atoms with Crippen molar-refractivity contribution in [3.8, 4) is 10.7 Å². The largest absolute Gasteiger partial charge is 0.312 e. The summed E-state index contributed by atoms with van der Waals surface area (Å²) in [6.07, 6.45) is 1.81. The molecule has 3 nitrogen and oxygen atoms in total. The molecule has 1 N–H and O–H groups in total. The Morgan fingerprint density at radius 1 is 1.33 bits per heavy atom. The van der Waals surface area contributed by atoms with Crippen molar-refractivity contribution in [1.29, 1.82) is 0 Å². The molecule has 2 aromatic rings. The molecule has 2 aromatic heterocycles. The Balaban J connectivity index is 2.08. The minimum atomic E-state index is 0.675. The Morgan fingerprint density at radius 2 is 2.17 bits per heavy atom. The highest BCUT2D eigenvalue weighted by Crippen LogP contribution is 2.26. The Hall–Kier alpha value is -1.26. The van der Waals surface area contributed by atoms with E-state index in [9.17, 15) is 0 Å². The van der Waals surface area contributed by atoms with Gasteiger partial charge >= 0.3 is 0 Å². The lowest BCUT2D eigenvalue weighted by atomic mass is 10.2. The first kappa shape index (κ1) is 13.2. The van der Waals surface area contributed by atoms with E-state index in [4.69, 9.17) is 0 Å². The standard InChI is InChI=1S/C14H19N3S/c1-10(2)8-15-9-13-11(3)17-14(18-13)12-6-4-5-7-16-12/h4-7,10,15H,8-9H2,1-3H3. The lowest BCUT2D eigenvalue weighted by Crippen LogP contribution is -2.18. The first-order valence-corrected chi connectivity index (χ1v) is 7.07. The van der Waals surface area contributed by atoms with Crippen LogP contribution in [0, 0.1) is 12.8 Å². The van der Waals surface area contributed by atoms with Gasteiger partial charge < -0.3 is 5.32 Å². The van der Waals surface area contributed by atoms with Crippen LogP contribution in [0.15, 0.2) is 24.4 Å². The van der Waals surface area contributed by atoms with E-state index < -0.39 is 0 Å². The first-order chi connectivity index (χ1) is 8.66. The monoisotopic (exact) mass is 261 g/mol. The highest BCUT2D eigenvalue weighted by molar-refractivity contribution is 7.15. The Bertz CT molecular complexity index is 491. The van der Waals surface area contributed by atoms with Gasteiger partial charge in [-0.2, -0.15) is 0 Å². The topological polar surface area (TPSA) is 37.8 Å².